The molecular formula is C18H30N2O4. The zero-order valence-corrected chi connectivity index (χ0v) is 15.5. The van der Waals surface area contributed by atoms with Crippen molar-refractivity contribution in [2.24, 2.45) is 0 Å². The van der Waals surface area contributed by atoms with E-state index in [0.717, 1.165) is 12.0 Å². The molecule has 1 rings (SSSR count). The first kappa shape index (κ1) is 20.4. The van der Waals surface area contributed by atoms with Crippen LogP contribution in [0.25, 0.3) is 0 Å². The molecule has 6 heteroatoms. The van der Waals surface area contributed by atoms with E-state index in [-0.39, 0.29) is 5.91 Å². The molecule has 0 saturated carbocycles. The van der Waals surface area contributed by atoms with Crippen LogP contribution in [0.4, 0.5) is 5.69 Å². The van der Waals surface area contributed by atoms with Crippen LogP contribution in [0.15, 0.2) is 12.3 Å². The van der Waals surface area contributed by atoms with Crippen LogP contribution in [-0.2, 0) is 14.3 Å². The van der Waals surface area contributed by atoms with E-state index >= 15 is 0 Å². The highest BCUT2D eigenvalue weighted by molar-refractivity contribution is 5.97. The molecule has 1 aromatic heterocycles. The molecule has 1 heterocycles. The number of carbonyl (C=O) groups excluding carboxylic acids is 1. The van der Waals surface area contributed by atoms with E-state index in [0.29, 0.717) is 44.4 Å². The van der Waals surface area contributed by atoms with Gasteiger partial charge in [0.15, 0.2) is 0 Å². The Morgan fingerprint density at radius 3 is 2.58 bits per heavy atom. The van der Waals surface area contributed by atoms with Crippen molar-refractivity contribution in [3.63, 3.8) is 0 Å². The number of nitrogens with zero attached hydrogens (tertiary/aromatic N) is 1. The minimum atomic E-state index is -0.837. The second kappa shape index (κ2) is 10.3. The van der Waals surface area contributed by atoms with E-state index < -0.39 is 5.60 Å². The van der Waals surface area contributed by atoms with Gasteiger partial charge in [-0.25, -0.2) is 4.98 Å². The summed E-state index contributed by atoms with van der Waals surface area (Å²) in [6.07, 6.45) is 3.07. The van der Waals surface area contributed by atoms with Crippen molar-refractivity contribution in [1.82, 2.24) is 4.98 Å². The van der Waals surface area contributed by atoms with E-state index in [9.17, 15) is 4.79 Å². The molecule has 24 heavy (non-hydrogen) atoms. The summed E-state index contributed by atoms with van der Waals surface area (Å²) in [4.78, 5) is 16.8. The number of amides is 1. The van der Waals surface area contributed by atoms with Crippen LogP contribution < -0.4 is 10.1 Å². The van der Waals surface area contributed by atoms with Gasteiger partial charge in [-0.2, -0.15) is 0 Å². The van der Waals surface area contributed by atoms with Crippen LogP contribution in [0.5, 0.6) is 5.88 Å². The quantitative estimate of drug-likeness (QED) is 0.627. The number of aromatic nitrogens is 1. The van der Waals surface area contributed by atoms with Gasteiger partial charge in [-0.3, -0.25) is 4.79 Å². The molecule has 1 N–H and O–H groups in total. The number of ether oxygens (including phenoxy) is 3. The predicted molar refractivity (Wildman–Crippen MR) is 94.5 cm³/mol. The molecule has 0 aliphatic rings. The highest BCUT2D eigenvalue weighted by atomic mass is 16.5. The molecular weight excluding hydrogens is 308 g/mol. The third-order valence-corrected chi connectivity index (χ3v) is 3.74. The number of hydrogen-bond donors (Lipinski definition) is 1. The fraction of sp³-hybridized carbons (Fsp3) is 0.667. The maximum absolute atomic E-state index is 12.5. The zero-order chi connectivity index (χ0) is 18.0. The summed E-state index contributed by atoms with van der Waals surface area (Å²) in [7, 11) is 0. The summed E-state index contributed by atoms with van der Waals surface area (Å²) in [5.41, 5.74) is 0.655. The molecule has 1 atom stereocenters. The van der Waals surface area contributed by atoms with Gasteiger partial charge in [0.1, 0.15) is 12.2 Å². The van der Waals surface area contributed by atoms with Crippen molar-refractivity contribution in [1.29, 1.82) is 0 Å². The van der Waals surface area contributed by atoms with E-state index in [1.54, 1.807) is 6.20 Å². The summed E-state index contributed by atoms with van der Waals surface area (Å²) >= 11 is 0. The smallest absolute Gasteiger partial charge is 0.256 e. The SMILES string of the molecule is CCCOC(C)(CC)C(=O)Nc1cnc(OCCOCC)c(C)c1. The predicted octanol–water partition coefficient (Wildman–Crippen LogP) is 3.34. The normalized spacial score (nSPS) is 13.4. The highest BCUT2D eigenvalue weighted by Gasteiger charge is 2.32. The van der Waals surface area contributed by atoms with Crippen LogP contribution in [0.1, 0.15) is 46.1 Å². The fourth-order valence-electron chi connectivity index (χ4n) is 2.04. The minimum absolute atomic E-state index is 0.162. The lowest BCUT2D eigenvalue weighted by atomic mass is 10.0. The Bertz CT molecular complexity index is 522. The number of carbonyl (C=O) groups is 1. The number of pyridine rings is 1. The highest BCUT2D eigenvalue weighted by Crippen LogP contribution is 2.22. The fourth-order valence-corrected chi connectivity index (χ4v) is 2.04. The van der Waals surface area contributed by atoms with Gasteiger partial charge >= 0.3 is 0 Å². The standard InChI is InChI=1S/C18H30N2O4/c1-6-9-24-18(5,7-2)17(21)20-15-12-14(4)16(19-13-15)23-11-10-22-8-3/h12-13H,6-11H2,1-5H3,(H,20,21). The van der Waals surface area contributed by atoms with Crippen molar-refractivity contribution in [3.05, 3.63) is 17.8 Å². The lowest BCUT2D eigenvalue weighted by Gasteiger charge is -2.27. The molecule has 0 aromatic carbocycles. The van der Waals surface area contributed by atoms with Crippen LogP contribution >= 0.6 is 0 Å². The van der Waals surface area contributed by atoms with E-state index in [1.807, 2.05) is 40.7 Å². The van der Waals surface area contributed by atoms with E-state index in [1.165, 1.54) is 0 Å². The molecule has 0 bridgehead atoms. The topological polar surface area (TPSA) is 69.7 Å². The Kier molecular flexibility index (Phi) is 8.71. The Morgan fingerprint density at radius 2 is 2.00 bits per heavy atom. The van der Waals surface area contributed by atoms with Gasteiger partial charge in [0.2, 0.25) is 5.88 Å². The van der Waals surface area contributed by atoms with Crippen LogP contribution in [-0.4, -0.2) is 42.9 Å². The van der Waals surface area contributed by atoms with Crippen molar-refractivity contribution < 1.29 is 19.0 Å². The van der Waals surface area contributed by atoms with Crippen LogP contribution in [0.2, 0.25) is 0 Å². The molecule has 1 aromatic rings. The second-order valence-electron chi connectivity index (χ2n) is 5.78. The molecule has 0 spiro atoms. The first-order valence-corrected chi connectivity index (χ1v) is 8.59. The number of rotatable bonds is 11. The van der Waals surface area contributed by atoms with Crippen molar-refractivity contribution >= 4 is 11.6 Å². The number of aryl methyl sites for hydroxylation is 1. The Morgan fingerprint density at radius 1 is 1.25 bits per heavy atom. The van der Waals surface area contributed by atoms with Crippen molar-refractivity contribution in [2.75, 3.05) is 31.7 Å². The Labute approximate surface area is 144 Å². The monoisotopic (exact) mass is 338 g/mol. The van der Waals surface area contributed by atoms with E-state index in [2.05, 4.69) is 10.3 Å². The van der Waals surface area contributed by atoms with Gasteiger partial charge in [-0.05, 0) is 39.7 Å². The molecule has 0 aliphatic carbocycles. The summed E-state index contributed by atoms with van der Waals surface area (Å²) in [6.45, 7) is 11.8. The molecule has 6 nitrogen and oxygen atoms in total. The molecule has 0 saturated heterocycles. The van der Waals surface area contributed by atoms with Gasteiger partial charge in [0, 0.05) is 18.8 Å². The van der Waals surface area contributed by atoms with E-state index in [4.69, 9.17) is 14.2 Å². The third-order valence-electron chi connectivity index (χ3n) is 3.74. The molecule has 136 valence electrons. The molecule has 1 amide bonds. The number of hydrogen-bond acceptors (Lipinski definition) is 5. The zero-order valence-electron chi connectivity index (χ0n) is 15.5. The summed E-state index contributed by atoms with van der Waals surface area (Å²) in [6, 6.07) is 1.84. The maximum atomic E-state index is 12.5. The lowest BCUT2D eigenvalue weighted by Crippen LogP contribution is -2.42. The van der Waals surface area contributed by atoms with Gasteiger partial charge in [0.05, 0.1) is 18.5 Å². The summed E-state index contributed by atoms with van der Waals surface area (Å²) in [5, 5.41) is 2.88. The molecule has 1 unspecified atom stereocenters. The van der Waals surface area contributed by atoms with Crippen LogP contribution in [0, 0.1) is 6.92 Å². The average molecular weight is 338 g/mol. The second-order valence-corrected chi connectivity index (χ2v) is 5.78. The van der Waals surface area contributed by atoms with Crippen LogP contribution in [0.3, 0.4) is 0 Å². The van der Waals surface area contributed by atoms with Crippen molar-refractivity contribution in [2.45, 2.75) is 53.1 Å². The van der Waals surface area contributed by atoms with Gasteiger partial charge < -0.3 is 19.5 Å². The Balaban J connectivity index is 2.67. The average Bonchev–Trinajstić information content (AvgIpc) is 2.58. The first-order chi connectivity index (χ1) is 11.5. The number of anilines is 1. The molecule has 0 aliphatic heterocycles. The Hall–Kier alpha value is -1.66. The largest absolute Gasteiger partial charge is 0.475 e. The summed E-state index contributed by atoms with van der Waals surface area (Å²) < 4.78 is 16.5. The lowest BCUT2D eigenvalue weighted by molar-refractivity contribution is -0.139. The first-order valence-electron chi connectivity index (χ1n) is 8.59. The molecule has 0 radical (unpaired) electrons. The van der Waals surface area contributed by atoms with Crippen molar-refractivity contribution in [3.8, 4) is 5.88 Å². The summed E-state index contributed by atoms with van der Waals surface area (Å²) in [5.74, 6) is 0.387. The van der Waals surface area contributed by atoms with Gasteiger partial charge in [0.25, 0.3) is 5.91 Å². The minimum Gasteiger partial charge on any atom is -0.475 e. The maximum Gasteiger partial charge on any atom is 0.256 e. The molecule has 0 fully saturated rings. The third kappa shape index (κ3) is 6.09. The number of nitrogens with one attached hydrogen (secondary N) is 1. The van der Waals surface area contributed by atoms with Gasteiger partial charge in [-0.15, -0.1) is 0 Å². The van der Waals surface area contributed by atoms with Gasteiger partial charge in [-0.1, -0.05) is 13.8 Å².